The molecule has 0 saturated heterocycles. The molecule has 1 heterocycles. The van der Waals surface area contributed by atoms with E-state index in [1.54, 1.807) is 6.21 Å². The van der Waals surface area contributed by atoms with Crippen molar-refractivity contribution in [2.45, 2.75) is 0 Å². The Bertz CT molecular complexity index is 1110. The number of aromatic nitrogens is 1. The summed E-state index contributed by atoms with van der Waals surface area (Å²) >= 11 is 8.53. The highest BCUT2D eigenvalue weighted by atomic mass is 79.9. The standard InChI is InChI=1S/C18H10Br2N2OS/c19-11-5-6-15-16(8-11)24-18(22-15)21-9-10-7-14(20)12-3-1-2-4-13(12)17(10)23/h1-9,23H/b21-9+. The Hall–Kier alpha value is -1.76. The minimum atomic E-state index is 0.224. The lowest BCUT2D eigenvalue weighted by atomic mass is 10.1. The molecule has 3 aromatic carbocycles. The van der Waals surface area contributed by atoms with E-state index in [2.05, 4.69) is 41.8 Å². The van der Waals surface area contributed by atoms with E-state index in [0.29, 0.717) is 10.7 Å². The fraction of sp³-hybridized carbons (Fsp3) is 0. The van der Waals surface area contributed by atoms with Crippen LogP contribution >= 0.6 is 43.2 Å². The van der Waals surface area contributed by atoms with Gasteiger partial charge in [0.15, 0.2) is 0 Å². The van der Waals surface area contributed by atoms with Crippen molar-refractivity contribution in [2.24, 2.45) is 4.99 Å². The third-order valence-electron chi connectivity index (χ3n) is 3.65. The normalized spacial score (nSPS) is 11.8. The Morgan fingerprint density at radius 1 is 1.04 bits per heavy atom. The summed E-state index contributed by atoms with van der Waals surface area (Å²) in [6.07, 6.45) is 1.65. The number of rotatable bonds is 2. The van der Waals surface area contributed by atoms with Gasteiger partial charge in [-0.2, -0.15) is 0 Å². The molecule has 24 heavy (non-hydrogen) atoms. The summed E-state index contributed by atoms with van der Waals surface area (Å²) < 4.78 is 3.01. The van der Waals surface area contributed by atoms with Gasteiger partial charge in [-0.3, -0.25) is 0 Å². The topological polar surface area (TPSA) is 45.5 Å². The van der Waals surface area contributed by atoms with E-state index in [1.807, 2.05) is 48.5 Å². The summed E-state index contributed by atoms with van der Waals surface area (Å²) in [5.41, 5.74) is 1.57. The van der Waals surface area contributed by atoms with Crippen LogP contribution in [0, 0.1) is 0 Å². The number of hydrogen-bond acceptors (Lipinski definition) is 4. The molecule has 0 atom stereocenters. The van der Waals surface area contributed by atoms with Gasteiger partial charge >= 0.3 is 0 Å². The van der Waals surface area contributed by atoms with Gasteiger partial charge in [-0.15, -0.1) is 0 Å². The highest BCUT2D eigenvalue weighted by Gasteiger charge is 2.09. The molecule has 0 aliphatic carbocycles. The molecule has 1 aromatic heterocycles. The van der Waals surface area contributed by atoms with Crippen molar-refractivity contribution in [2.75, 3.05) is 0 Å². The van der Waals surface area contributed by atoms with Crippen LogP contribution in [0.1, 0.15) is 5.56 Å². The van der Waals surface area contributed by atoms with Crippen molar-refractivity contribution in [3.63, 3.8) is 0 Å². The molecule has 118 valence electrons. The Balaban J connectivity index is 1.77. The number of benzene rings is 3. The molecule has 0 radical (unpaired) electrons. The van der Waals surface area contributed by atoms with Crippen LogP contribution in [0.25, 0.3) is 21.0 Å². The number of nitrogens with zero attached hydrogens (tertiary/aromatic N) is 2. The number of phenolic OH excluding ortho intramolecular Hbond substituents is 1. The summed E-state index contributed by atoms with van der Waals surface area (Å²) in [4.78, 5) is 8.93. The lowest BCUT2D eigenvalue weighted by Crippen LogP contribution is -1.86. The molecule has 4 rings (SSSR count). The van der Waals surface area contributed by atoms with Gasteiger partial charge in [-0.1, -0.05) is 67.5 Å². The Morgan fingerprint density at radius 3 is 2.67 bits per heavy atom. The van der Waals surface area contributed by atoms with Crippen LogP contribution in [0.15, 0.2) is 62.5 Å². The van der Waals surface area contributed by atoms with E-state index in [9.17, 15) is 5.11 Å². The van der Waals surface area contributed by atoms with Gasteiger partial charge in [0.05, 0.1) is 10.2 Å². The van der Waals surface area contributed by atoms with Gasteiger partial charge in [0.25, 0.3) is 0 Å². The molecule has 1 N–H and O–H groups in total. The second-order valence-corrected chi connectivity index (χ2v) is 7.99. The van der Waals surface area contributed by atoms with E-state index in [4.69, 9.17) is 0 Å². The van der Waals surface area contributed by atoms with Crippen LogP contribution < -0.4 is 0 Å². The summed E-state index contributed by atoms with van der Waals surface area (Å²) in [5, 5.41) is 12.9. The largest absolute Gasteiger partial charge is 0.507 e. The molecule has 0 spiro atoms. The highest BCUT2D eigenvalue weighted by Crippen LogP contribution is 2.34. The van der Waals surface area contributed by atoms with Crippen molar-refractivity contribution in [1.82, 2.24) is 4.98 Å². The van der Waals surface area contributed by atoms with Crippen LogP contribution in [-0.2, 0) is 0 Å². The average Bonchev–Trinajstić information content (AvgIpc) is 2.99. The minimum Gasteiger partial charge on any atom is -0.507 e. The molecule has 0 aliphatic rings. The Labute approximate surface area is 159 Å². The zero-order valence-corrected chi connectivity index (χ0v) is 16.2. The van der Waals surface area contributed by atoms with E-state index in [1.165, 1.54) is 11.3 Å². The van der Waals surface area contributed by atoms with Crippen LogP contribution in [0.3, 0.4) is 0 Å². The number of hydrogen-bond donors (Lipinski definition) is 1. The number of aliphatic imine (C=N–C) groups is 1. The first-order chi connectivity index (χ1) is 11.6. The lowest BCUT2D eigenvalue weighted by molar-refractivity contribution is 0.481. The van der Waals surface area contributed by atoms with Crippen LogP contribution in [-0.4, -0.2) is 16.3 Å². The predicted octanol–water partition coefficient (Wildman–Crippen LogP) is 6.43. The molecule has 0 aliphatic heterocycles. The third-order valence-corrected chi connectivity index (χ3v) is 5.72. The van der Waals surface area contributed by atoms with Crippen LogP contribution in [0.5, 0.6) is 5.75 Å². The maximum Gasteiger partial charge on any atom is 0.210 e. The van der Waals surface area contributed by atoms with Gasteiger partial charge in [-0.05, 0) is 29.7 Å². The smallest absolute Gasteiger partial charge is 0.210 e. The van der Waals surface area contributed by atoms with E-state index in [-0.39, 0.29) is 5.75 Å². The van der Waals surface area contributed by atoms with E-state index < -0.39 is 0 Å². The number of fused-ring (bicyclic) bond motifs is 2. The number of phenols is 1. The van der Waals surface area contributed by atoms with Gasteiger partial charge < -0.3 is 5.11 Å². The van der Waals surface area contributed by atoms with Gasteiger partial charge in [-0.25, -0.2) is 9.98 Å². The molecule has 0 amide bonds. The van der Waals surface area contributed by atoms with Gasteiger partial charge in [0.2, 0.25) is 5.13 Å². The first-order valence-electron chi connectivity index (χ1n) is 7.12. The average molecular weight is 462 g/mol. The van der Waals surface area contributed by atoms with Gasteiger partial charge in [0.1, 0.15) is 5.75 Å². The van der Waals surface area contributed by atoms with Crippen molar-refractivity contribution < 1.29 is 5.11 Å². The predicted molar refractivity (Wildman–Crippen MR) is 108 cm³/mol. The number of aromatic hydroxyl groups is 1. The number of halogens is 2. The zero-order valence-electron chi connectivity index (χ0n) is 12.2. The fourth-order valence-corrected chi connectivity index (χ4v) is 4.46. The minimum absolute atomic E-state index is 0.224. The highest BCUT2D eigenvalue weighted by molar-refractivity contribution is 9.11. The van der Waals surface area contributed by atoms with Gasteiger partial charge in [0, 0.05) is 26.1 Å². The fourth-order valence-electron chi connectivity index (χ4n) is 2.50. The van der Waals surface area contributed by atoms with E-state index >= 15 is 0 Å². The Morgan fingerprint density at radius 2 is 1.83 bits per heavy atom. The zero-order chi connectivity index (χ0) is 16.7. The molecule has 0 unspecified atom stereocenters. The second kappa shape index (κ2) is 6.27. The van der Waals surface area contributed by atoms with Crippen LogP contribution in [0.4, 0.5) is 5.13 Å². The summed E-state index contributed by atoms with van der Waals surface area (Å²) in [5.74, 6) is 0.224. The van der Waals surface area contributed by atoms with Crippen molar-refractivity contribution in [3.8, 4) is 5.75 Å². The lowest BCUT2D eigenvalue weighted by Gasteiger charge is -2.06. The molecule has 6 heteroatoms. The summed E-state index contributed by atoms with van der Waals surface area (Å²) in [7, 11) is 0. The maximum absolute atomic E-state index is 10.5. The molecular weight excluding hydrogens is 452 g/mol. The third kappa shape index (κ3) is 2.85. The quantitative estimate of drug-likeness (QED) is 0.349. The van der Waals surface area contributed by atoms with Crippen LogP contribution in [0.2, 0.25) is 0 Å². The van der Waals surface area contributed by atoms with Crippen molar-refractivity contribution in [3.05, 3.63) is 63.0 Å². The Kier molecular flexibility index (Phi) is 4.12. The maximum atomic E-state index is 10.5. The molecule has 0 fully saturated rings. The second-order valence-electron chi connectivity index (χ2n) is 5.21. The molecule has 4 aromatic rings. The molecule has 3 nitrogen and oxygen atoms in total. The SMILES string of the molecule is Oc1c(/C=N/c2nc3ccc(Br)cc3s2)cc(Br)c2ccccc12. The molecule has 0 bridgehead atoms. The monoisotopic (exact) mass is 460 g/mol. The first kappa shape index (κ1) is 15.7. The summed E-state index contributed by atoms with van der Waals surface area (Å²) in [6.45, 7) is 0. The molecular formula is C18H10Br2N2OS. The van der Waals surface area contributed by atoms with Crippen molar-refractivity contribution >= 4 is 75.5 Å². The van der Waals surface area contributed by atoms with E-state index in [0.717, 1.165) is 29.9 Å². The molecule has 0 saturated carbocycles. The summed E-state index contributed by atoms with van der Waals surface area (Å²) in [6, 6.07) is 15.5. The van der Waals surface area contributed by atoms with Crippen molar-refractivity contribution in [1.29, 1.82) is 0 Å². The number of thiazole rings is 1. The first-order valence-corrected chi connectivity index (χ1v) is 9.52.